The van der Waals surface area contributed by atoms with Gasteiger partial charge < -0.3 is 5.32 Å². The molecule has 0 fully saturated rings. The van der Waals surface area contributed by atoms with Crippen LogP contribution >= 0.6 is 0 Å². The fourth-order valence-electron chi connectivity index (χ4n) is 2.32. The molecule has 0 unspecified atom stereocenters. The number of nitrogens with one attached hydrogen (secondary N) is 2. The first-order chi connectivity index (χ1) is 12.5. The summed E-state index contributed by atoms with van der Waals surface area (Å²) in [5.41, 5.74) is 1.57. The molecular weight excluding hydrogens is 350 g/mol. The SMILES string of the molecule is CC(=O)c1ccc(S(=O)(=O)Nc2cccnc2Nc2ccccc2)cc1. The van der Waals surface area contributed by atoms with E-state index in [4.69, 9.17) is 0 Å². The highest BCUT2D eigenvalue weighted by Gasteiger charge is 2.17. The van der Waals surface area contributed by atoms with Crippen molar-refractivity contribution in [3.63, 3.8) is 0 Å². The minimum atomic E-state index is -3.81. The molecule has 0 spiro atoms. The lowest BCUT2D eigenvalue weighted by Gasteiger charge is -2.13. The van der Waals surface area contributed by atoms with Crippen LogP contribution < -0.4 is 10.0 Å². The van der Waals surface area contributed by atoms with E-state index in [0.29, 0.717) is 17.1 Å². The van der Waals surface area contributed by atoms with Crippen LogP contribution in [0.2, 0.25) is 0 Å². The van der Waals surface area contributed by atoms with Gasteiger partial charge in [0.05, 0.1) is 10.6 Å². The lowest BCUT2D eigenvalue weighted by Crippen LogP contribution is -2.14. The summed E-state index contributed by atoms with van der Waals surface area (Å²) in [4.78, 5) is 15.6. The number of carbonyl (C=O) groups excluding carboxylic acids is 1. The average molecular weight is 367 g/mol. The Labute approximate surface area is 152 Å². The van der Waals surface area contributed by atoms with Crippen molar-refractivity contribution in [1.29, 1.82) is 0 Å². The first-order valence-electron chi connectivity index (χ1n) is 7.86. The third-order valence-corrected chi connectivity index (χ3v) is 5.04. The number of benzene rings is 2. The van der Waals surface area contributed by atoms with Gasteiger partial charge in [0, 0.05) is 17.4 Å². The summed E-state index contributed by atoms with van der Waals surface area (Å²) in [5.74, 6) is 0.270. The van der Waals surface area contributed by atoms with E-state index >= 15 is 0 Å². The van der Waals surface area contributed by atoms with Gasteiger partial charge in [-0.05, 0) is 43.3 Å². The Kier molecular flexibility index (Phi) is 4.99. The van der Waals surface area contributed by atoms with Gasteiger partial charge in [0.1, 0.15) is 0 Å². The Balaban J connectivity index is 1.87. The predicted molar refractivity (Wildman–Crippen MR) is 101 cm³/mol. The molecule has 0 aliphatic heterocycles. The van der Waals surface area contributed by atoms with E-state index in [2.05, 4.69) is 15.0 Å². The molecule has 2 N–H and O–H groups in total. The van der Waals surface area contributed by atoms with Crippen molar-refractivity contribution in [3.05, 3.63) is 78.5 Å². The lowest BCUT2D eigenvalue weighted by molar-refractivity contribution is 0.101. The molecule has 0 aliphatic carbocycles. The molecule has 1 heterocycles. The van der Waals surface area contributed by atoms with Crippen LogP contribution in [0.4, 0.5) is 17.2 Å². The van der Waals surface area contributed by atoms with E-state index in [1.165, 1.54) is 31.2 Å². The normalized spacial score (nSPS) is 11.0. The minimum absolute atomic E-state index is 0.0667. The molecule has 0 saturated carbocycles. The Morgan fingerprint density at radius 1 is 0.923 bits per heavy atom. The third kappa shape index (κ3) is 4.07. The largest absolute Gasteiger partial charge is 0.338 e. The summed E-state index contributed by atoms with van der Waals surface area (Å²) in [6.45, 7) is 1.43. The van der Waals surface area contributed by atoms with Gasteiger partial charge in [-0.1, -0.05) is 30.3 Å². The number of carbonyl (C=O) groups is 1. The summed E-state index contributed by atoms with van der Waals surface area (Å²) in [6, 6.07) is 18.4. The number of anilines is 3. The second-order valence-corrected chi connectivity index (χ2v) is 7.26. The monoisotopic (exact) mass is 367 g/mol. The number of nitrogens with zero attached hydrogens (tertiary/aromatic N) is 1. The van der Waals surface area contributed by atoms with Gasteiger partial charge >= 0.3 is 0 Å². The number of aromatic nitrogens is 1. The quantitative estimate of drug-likeness (QED) is 0.647. The number of pyridine rings is 1. The maximum absolute atomic E-state index is 12.6. The molecule has 6 nitrogen and oxygen atoms in total. The van der Waals surface area contributed by atoms with Crippen LogP contribution in [0.1, 0.15) is 17.3 Å². The van der Waals surface area contributed by atoms with Crippen LogP contribution in [-0.4, -0.2) is 19.2 Å². The minimum Gasteiger partial charge on any atom is -0.338 e. The molecule has 7 heteroatoms. The molecule has 0 saturated heterocycles. The van der Waals surface area contributed by atoms with E-state index in [1.54, 1.807) is 18.3 Å². The highest BCUT2D eigenvalue weighted by Crippen LogP contribution is 2.25. The molecule has 0 radical (unpaired) electrons. The maximum atomic E-state index is 12.6. The summed E-state index contributed by atoms with van der Waals surface area (Å²) < 4.78 is 27.8. The molecule has 0 bridgehead atoms. The smallest absolute Gasteiger partial charge is 0.262 e. The van der Waals surface area contributed by atoms with Gasteiger partial charge in [0.2, 0.25) is 0 Å². The van der Waals surface area contributed by atoms with Crippen molar-refractivity contribution in [3.8, 4) is 0 Å². The zero-order valence-electron chi connectivity index (χ0n) is 14.0. The average Bonchev–Trinajstić information content (AvgIpc) is 2.64. The number of sulfonamides is 1. The van der Waals surface area contributed by atoms with Crippen LogP contribution in [0.5, 0.6) is 0 Å². The van der Waals surface area contributed by atoms with Crippen molar-refractivity contribution in [2.75, 3.05) is 10.0 Å². The Bertz CT molecular complexity index is 1020. The zero-order valence-corrected chi connectivity index (χ0v) is 14.8. The van der Waals surface area contributed by atoms with Crippen LogP contribution in [0.15, 0.2) is 77.8 Å². The van der Waals surface area contributed by atoms with Gasteiger partial charge in [-0.3, -0.25) is 9.52 Å². The van der Waals surface area contributed by atoms with Gasteiger partial charge in [-0.2, -0.15) is 0 Å². The molecule has 0 amide bonds. The van der Waals surface area contributed by atoms with Crippen LogP contribution in [0.25, 0.3) is 0 Å². The first-order valence-corrected chi connectivity index (χ1v) is 9.35. The lowest BCUT2D eigenvalue weighted by atomic mass is 10.2. The Morgan fingerprint density at radius 2 is 1.62 bits per heavy atom. The van der Waals surface area contributed by atoms with E-state index in [1.807, 2.05) is 30.3 Å². The number of para-hydroxylation sites is 1. The predicted octanol–water partition coefficient (Wildman–Crippen LogP) is 3.83. The molecule has 3 rings (SSSR count). The van der Waals surface area contributed by atoms with Gasteiger partial charge in [-0.25, -0.2) is 13.4 Å². The number of hydrogen-bond acceptors (Lipinski definition) is 5. The molecule has 26 heavy (non-hydrogen) atoms. The maximum Gasteiger partial charge on any atom is 0.262 e. The summed E-state index contributed by atoms with van der Waals surface area (Å²) in [6.07, 6.45) is 1.57. The van der Waals surface area contributed by atoms with Gasteiger partial charge in [-0.15, -0.1) is 0 Å². The highest BCUT2D eigenvalue weighted by molar-refractivity contribution is 7.92. The number of rotatable bonds is 6. The zero-order chi connectivity index (χ0) is 18.6. The number of ketones is 1. The molecule has 1 aromatic heterocycles. The fourth-order valence-corrected chi connectivity index (χ4v) is 3.38. The molecule has 3 aromatic rings. The highest BCUT2D eigenvalue weighted by atomic mass is 32.2. The van der Waals surface area contributed by atoms with Crippen molar-refractivity contribution in [2.24, 2.45) is 0 Å². The molecular formula is C19H17N3O3S. The van der Waals surface area contributed by atoms with Crippen LogP contribution in [0, 0.1) is 0 Å². The van der Waals surface area contributed by atoms with E-state index in [-0.39, 0.29) is 10.7 Å². The summed E-state index contributed by atoms with van der Waals surface area (Å²) >= 11 is 0. The third-order valence-electron chi connectivity index (χ3n) is 3.66. The molecule has 132 valence electrons. The summed E-state index contributed by atoms with van der Waals surface area (Å²) in [5, 5.41) is 3.09. The van der Waals surface area contributed by atoms with Crippen molar-refractivity contribution < 1.29 is 13.2 Å². The van der Waals surface area contributed by atoms with Gasteiger partial charge in [0.15, 0.2) is 11.6 Å². The topological polar surface area (TPSA) is 88.2 Å². The summed E-state index contributed by atoms with van der Waals surface area (Å²) in [7, 11) is -3.81. The van der Waals surface area contributed by atoms with E-state index < -0.39 is 10.0 Å². The van der Waals surface area contributed by atoms with Gasteiger partial charge in [0.25, 0.3) is 10.0 Å². The van der Waals surface area contributed by atoms with E-state index in [9.17, 15) is 13.2 Å². The van der Waals surface area contributed by atoms with Crippen molar-refractivity contribution in [2.45, 2.75) is 11.8 Å². The molecule has 0 atom stereocenters. The van der Waals surface area contributed by atoms with E-state index in [0.717, 1.165) is 5.69 Å². The Hall–Kier alpha value is -3.19. The van der Waals surface area contributed by atoms with Crippen LogP contribution in [0.3, 0.4) is 0 Å². The number of hydrogen-bond donors (Lipinski definition) is 2. The number of Topliss-reactive ketones (excluding diaryl/α,β-unsaturated/α-hetero) is 1. The second-order valence-electron chi connectivity index (χ2n) is 5.58. The van der Waals surface area contributed by atoms with Crippen molar-refractivity contribution >= 4 is 33.0 Å². The first kappa shape index (κ1) is 17.6. The molecule has 2 aromatic carbocycles. The Morgan fingerprint density at radius 3 is 2.27 bits per heavy atom. The standard InChI is InChI=1S/C19H17N3O3S/c1-14(23)15-9-11-17(12-10-15)26(24,25)22-18-8-5-13-20-19(18)21-16-6-3-2-4-7-16/h2-13,22H,1H3,(H,20,21). The van der Waals surface area contributed by atoms with Crippen molar-refractivity contribution in [1.82, 2.24) is 4.98 Å². The van der Waals surface area contributed by atoms with Crippen LogP contribution in [-0.2, 0) is 10.0 Å². The fraction of sp³-hybridized carbons (Fsp3) is 0.0526. The second kappa shape index (κ2) is 7.37. The molecule has 0 aliphatic rings.